The van der Waals surface area contributed by atoms with E-state index < -0.39 is 22.9 Å². The lowest BCUT2D eigenvalue weighted by Crippen LogP contribution is -2.45. The molecule has 0 aliphatic carbocycles. The highest BCUT2D eigenvalue weighted by molar-refractivity contribution is 5.94. The molecule has 0 radical (unpaired) electrons. The molecule has 1 amide bonds. The fourth-order valence-corrected chi connectivity index (χ4v) is 3.37. The third-order valence-electron chi connectivity index (χ3n) is 4.71. The molecular weight excluding hydrogens is 288 g/mol. The van der Waals surface area contributed by atoms with E-state index in [2.05, 4.69) is 4.98 Å². The zero-order valence-corrected chi connectivity index (χ0v) is 12.3. The molecule has 2 aliphatic rings. The Morgan fingerprint density at radius 1 is 1.45 bits per heavy atom. The van der Waals surface area contributed by atoms with Crippen molar-refractivity contribution < 1.29 is 19.4 Å². The number of nitrogens with zero attached hydrogens (tertiary/aromatic N) is 1. The maximum atomic E-state index is 12.6. The molecule has 2 aliphatic heterocycles. The second-order valence-electron chi connectivity index (χ2n) is 6.05. The summed E-state index contributed by atoms with van der Waals surface area (Å²) < 4.78 is 5.36. The number of aryl methyl sites for hydroxylation is 1. The molecule has 7 heteroatoms. The van der Waals surface area contributed by atoms with Crippen molar-refractivity contribution in [3.63, 3.8) is 0 Å². The number of amides is 1. The quantitative estimate of drug-likeness (QED) is 0.815. The van der Waals surface area contributed by atoms with E-state index in [1.165, 1.54) is 11.0 Å². The van der Waals surface area contributed by atoms with E-state index in [0.29, 0.717) is 31.9 Å². The fourth-order valence-electron chi connectivity index (χ4n) is 3.37. The normalized spacial score (nSPS) is 27.5. The highest BCUT2D eigenvalue weighted by Gasteiger charge is 2.55. The second-order valence-corrected chi connectivity index (χ2v) is 6.05. The van der Waals surface area contributed by atoms with Crippen LogP contribution in [0.3, 0.4) is 0 Å². The Morgan fingerprint density at radius 2 is 2.23 bits per heavy atom. The number of aromatic nitrogens is 1. The summed E-state index contributed by atoms with van der Waals surface area (Å²) in [6, 6.07) is 3.15. The smallest absolute Gasteiger partial charge is 0.311 e. The SMILES string of the molecule is Cc1ccc(C(=O)N2C[C@H]3COCC[C@@]3(C(=O)O)C2)c(=O)[nH]1. The van der Waals surface area contributed by atoms with Gasteiger partial charge in [0.05, 0.1) is 12.0 Å². The lowest BCUT2D eigenvalue weighted by molar-refractivity contribution is -0.157. The number of ether oxygens (including phenoxy) is 1. The number of fused-ring (bicyclic) bond motifs is 1. The minimum atomic E-state index is -0.953. The van der Waals surface area contributed by atoms with Crippen molar-refractivity contribution in [2.75, 3.05) is 26.3 Å². The number of rotatable bonds is 2. The van der Waals surface area contributed by atoms with Crippen LogP contribution in [0.1, 0.15) is 22.5 Å². The van der Waals surface area contributed by atoms with Crippen LogP contribution in [0.15, 0.2) is 16.9 Å². The van der Waals surface area contributed by atoms with Gasteiger partial charge in [0.1, 0.15) is 5.56 Å². The first-order chi connectivity index (χ1) is 10.4. The molecular formula is C15H18N2O5. The van der Waals surface area contributed by atoms with Crippen LogP contribution >= 0.6 is 0 Å². The molecule has 2 fully saturated rings. The van der Waals surface area contributed by atoms with Gasteiger partial charge in [-0.05, 0) is 25.5 Å². The molecule has 0 aromatic carbocycles. The number of hydrogen-bond acceptors (Lipinski definition) is 4. The summed E-state index contributed by atoms with van der Waals surface area (Å²) in [4.78, 5) is 40.3. The highest BCUT2D eigenvalue weighted by atomic mass is 16.5. The first kappa shape index (κ1) is 14.8. The van der Waals surface area contributed by atoms with Gasteiger partial charge < -0.3 is 19.7 Å². The summed E-state index contributed by atoms with van der Waals surface area (Å²) in [7, 11) is 0. The van der Waals surface area contributed by atoms with Gasteiger partial charge >= 0.3 is 5.97 Å². The Balaban J connectivity index is 1.89. The van der Waals surface area contributed by atoms with Crippen molar-refractivity contribution in [2.45, 2.75) is 13.3 Å². The predicted molar refractivity (Wildman–Crippen MR) is 76.7 cm³/mol. The van der Waals surface area contributed by atoms with Crippen molar-refractivity contribution in [3.05, 3.63) is 33.7 Å². The highest BCUT2D eigenvalue weighted by Crippen LogP contribution is 2.42. The molecule has 0 unspecified atom stereocenters. The number of aromatic amines is 1. The van der Waals surface area contributed by atoms with Crippen molar-refractivity contribution in [3.8, 4) is 0 Å². The van der Waals surface area contributed by atoms with Crippen LogP contribution in [0.5, 0.6) is 0 Å². The minimum Gasteiger partial charge on any atom is -0.481 e. The summed E-state index contributed by atoms with van der Waals surface area (Å²) in [6.45, 7) is 2.88. The number of H-pyrrole nitrogens is 1. The molecule has 1 aromatic heterocycles. The van der Waals surface area contributed by atoms with Gasteiger partial charge in [-0.25, -0.2) is 0 Å². The molecule has 2 atom stereocenters. The van der Waals surface area contributed by atoms with Crippen LogP contribution in [-0.4, -0.2) is 53.2 Å². The minimum absolute atomic E-state index is 0.0469. The number of nitrogens with one attached hydrogen (secondary N) is 1. The number of aliphatic carboxylic acids is 1. The summed E-state index contributed by atoms with van der Waals surface area (Å²) in [6.07, 6.45) is 0.390. The Kier molecular flexibility index (Phi) is 3.52. The molecule has 2 saturated heterocycles. The van der Waals surface area contributed by atoms with E-state index in [-0.39, 0.29) is 18.0 Å². The lowest BCUT2D eigenvalue weighted by atomic mass is 9.74. The summed E-state index contributed by atoms with van der Waals surface area (Å²) >= 11 is 0. The van der Waals surface area contributed by atoms with E-state index in [1.54, 1.807) is 13.0 Å². The van der Waals surface area contributed by atoms with E-state index in [9.17, 15) is 19.5 Å². The van der Waals surface area contributed by atoms with Crippen LogP contribution < -0.4 is 5.56 Å². The lowest BCUT2D eigenvalue weighted by Gasteiger charge is -2.33. The fraction of sp³-hybridized carbons (Fsp3) is 0.533. The van der Waals surface area contributed by atoms with Gasteiger partial charge in [-0.1, -0.05) is 0 Å². The maximum Gasteiger partial charge on any atom is 0.311 e. The summed E-state index contributed by atoms with van der Waals surface area (Å²) in [5.74, 6) is -1.54. The van der Waals surface area contributed by atoms with Gasteiger partial charge in [0.2, 0.25) is 0 Å². The van der Waals surface area contributed by atoms with Crippen molar-refractivity contribution in [2.24, 2.45) is 11.3 Å². The average Bonchev–Trinajstić information content (AvgIpc) is 2.87. The molecule has 2 N–H and O–H groups in total. The molecule has 118 valence electrons. The van der Waals surface area contributed by atoms with Gasteiger partial charge in [0, 0.05) is 31.3 Å². The second kappa shape index (κ2) is 5.24. The zero-order valence-electron chi connectivity index (χ0n) is 12.3. The molecule has 3 heterocycles. The van der Waals surface area contributed by atoms with E-state index in [1.807, 2.05) is 0 Å². The Hall–Kier alpha value is -2.15. The van der Waals surface area contributed by atoms with Crippen LogP contribution in [0, 0.1) is 18.3 Å². The summed E-state index contributed by atoms with van der Waals surface area (Å²) in [5, 5.41) is 9.60. The third-order valence-corrected chi connectivity index (χ3v) is 4.71. The molecule has 0 spiro atoms. The Morgan fingerprint density at radius 3 is 2.86 bits per heavy atom. The third kappa shape index (κ3) is 2.21. The molecule has 22 heavy (non-hydrogen) atoms. The Labute approximate surface area is 126 Å². The van der Waals surface area contributed by atoms with Crippen LogP contribution in [0.2, 0.25) is 0 Å². The monoisotopic (exact) mass is 306 g/mol. The number of carboxylic acid groups (broad SMARTS) is 1. The van der Waals surface area contributed by atoms with Crippen molar-refractivity contribution in [1.29, 1.82) is 0 Å². The number of carbonyl (C=O) groups excluding carboxylic acids is 1. The molecule has 0 bridgehead atoms. The van der Waals surface area contributed by atoms with Gasteiger partial charge in [-0.2, -0.15) is 0 Å². The van der Waals surface area contributed by atoms with Gasteiger partial charge in [-0.15, -0.1) is 0 Å². The largest absolute Gasteiger partial charge is 0.481 e. The van der Waals surface area contributed by atoms with Crippen LogP contribution in [0.25, 0.3) is 0 Å². The number of likely N-dealkylation sites (tertiary alicyclic amines) is 1. The van der Waals surface area contributed by atoms with E-state index in [4.69, 9.17) is 4.74 Å². The standard InChI is InChI=1S/C15H18N2O5/c1-9-2-3-11(12(18)16-9)13(19)17-6-10-7-22-5-4-15(10,8-17)14(20)21/h2-3,10H,4-8H2,1H3,(H,16,18)(H,20,21)/t10-,15+/m0/s1. The first-order valence-corrected chi connectivity index (χ1v) is 7.24. The van der Waals surface area contributed by atoms with Gasteiger partial charge in [-0.3, -0.25) is 14.4 Å². The van der Waals surface area contributed by atoms with Gasteiger partial charge in [0.15, 0.2) is 0 Å². The topological polar surface area (TPSA) is 99.7 Å². The van der Waals surface area contributed by atoms with E-state index in [0.717, 1.165) is 0 Å². The molecule has 0 saturated carbocycles. The Bertz CT molecular complexity index is 683. The maximum absolute atomic E-state index is 12.6. The van der Waals surface area contributed by atoms with Gasteiger partial charge in [0.25, 0.3) is 11.5 Å². The van der Waals surface area contributed by atoms with Crippen molar-refractivity contribution in [1.82, 2.24) is 9.88 Å². The number of hydrogen-bond donors (Lipinski definition) is 2. The van der Waals surface area contributed by atoms with E-state index >= 15 is 0 Å². The number of pyridine rings is 1. The zero-order chi connectivity index (χ0) is 15.9. The average molecular weight is 306 g/mol. The molecule has 3 rings (SSSR count). The number of carbonyl (C=O) groups is 2. The summed E-state index contributed by atoms with van der Waals surface area (Å²) in [5.41, 5.74) is -0.677. The molecule has 7 nitrogen and oxygen atoms in total. The van der Waals surface area contributed by atoms with Crippen LogP contribution in [-0.2, 0) is 9.53 Å². The predicted octanol–water partition coefficient (Wildman–Crippen LogP) is 0.247. The van der Waals surface area contributed by atoms with Crippen molar-refractivity contribution >= 4 is 11.9 Å². The number of carboxylic acids is 1. The molecule has 1 aromatic rings. The first-order valence-electron chi connectivity index (χ1n) is 7.24. The van der Waals surface area contributed by atoms with Crippen LogP contribution in [0.4, 0.5) is 0 Å².